The molecule has 1 aromatic heterocycles. The van der Waals surface area contributed by atoms with E-state index in [4.69, 9.17) is 4.74 Å². The van der Waals surface area contributed by atoms with Gasteiger partial charge in [-0.25, -0.2) is 0 Å². The molecule has 0 N–H and O–H groups in total. The summed E-state index contributed by atoms with van der Waals surface area (Å²) < 4.78 is 5.82. The average molecular weight is 370 g/mol. The maximum absolute atomic E-state index is 12.1. The van der Waals surface area contributed by atoms with Crippen LogP contribution in [-0.4, -0.2) is 17.3 Å². The molecule has 0 radical (unpaired) electrons. The minimum Gasteiger partial charge on any atom is -0.478 e. The minimum atomic E-state index is -0.537. The summed E-state index contributed by atoms with van der Waals surface area (Å²) in [5.74, 6) is -0.123. The molecule has 1 aromatic carbocycles. The van der Waals surface area contributed by atoms with Crippen LogP contribution in [0.4, 0.5) is 5.69 Å². The Morgan fingerprint density at radius 1 is 1.43 bits per heavy atom. The first-order chi connectivity index (χ1) is 9.90. The van der Waals surface area contributed by atoms with Gasteiger partial charge in [-0.2, -0.15) is 0 Å². The number of nitrogens with zero attached hydrogens (tertiary/aromatic N) is 1. The van der Waals surface area contributed by atoms with Crippen LogP contribution in [0.25, 0.3) is 0 Å². The van der Waals surface area contributed by atoms with Crippen LogP contribution in [0.3, 0.4) is 0 Å². The van der Waals surface area contributed by atoms with E-state index in [-0.39, 0.29) is 23.8 Å². The Hall–Kier alpha value is -1.73. The van der Waals surface area contributed by atoms with Gasteiger partial charge in [-0.3, -0.25) is 14.9 Å². The van der Waals surface area contributed by atoms with E-state index in [1.807, 2.05) is 13.8 Å². The highest BCUT2D eigenvalue weighted by Crippen LogP contribution is 2.34. The minimum absolute atomic E-state index is 0.0699. The summed E-state index contributed by atoms with van der Waals surface area (Å²) >= 11 is 4.74. The number of benzene rings is 1. The number of hydrogen-bond acceptors (Lipinski definition) is 5. The predicted octanol–water partition coefficient (Wildman–Crippen LogP) is 4.30. The second-order valence-corrected chi connectivity index (χ2v) is 6.70. The van der Waals surface area contributed by atoms with Crippen LogP contribution in [0.15, 0.2) is 28.7 Å². The SMILES string of the molecule is Cc1cc(C(=O)COc2c(Br)cccc2[N+](=O)[O-])c(C)s1. The molecule has 0 aliphatic heterocycles. The number of carbonyl (C=O) groups is 1. The van der Waals surface area contributed by atoms with Crippen molar-refractivity contribution >= 4 is 38.7 Å². The first-order valence-electron chi connectivity index (χ1n) is 6.06. The van der Waals surface area contributed by atoms with Gasteiger partial charge in [0.2, 0.25) is 11.5 Å². The summed E-state index contributed by atoms with van der Waals surface area (Å²) in [7, 11) is 0. The van der Waals surface area contributed by atoms with Gasteiger partial charge in [0.05, 0.1) is 9.40 Å². The number of halogens is 1. The molecule has 5 nitrogen and oxygen atoms in total. The van der Waals surface area contributed by atoms with E-state index < -0.39 is 4.92 Å². The summed E-state index contributed by atoms with van der Waals surface area (Å²) in [6.45, 7) is 3.56. The normalized spacial score (nSPS) is 10.4. The third-order valence-corrected chi connectivity index (χ3v) is 4.42. The summed E-state index contributed by atoms with van der Waals surface area (Å²) in [6, 6.07) is 6.32. The first kappa shape index (κ1) is 15.7. The van der Waals surface area contributed by atoms with Gasteiger partial charge in [0.1, 0.15) is 0 Å². The largest absolute Gasteiger partial charge is 0.478 e. The van der Waals surface area contributed by atoms with Crippen molar-refractivity contribution in [3.63, 3.8) is 0 Å². The number of aryl methyl sites for hydroxylation is 2. The number of nitro groups is 1. The van der Waals surface area contributed by atoms with Crippen molar-refractivity contribution in [2.45, 2.75) is 13.8 Å². The Balaban J connectivity index is 2.19. The standard InChI is InChI=1S/C14H12BrNO4S/c1-8-6-10(9(2)21-8)13(17)7-20-14-11(15)4-3-5-12(14)16(18)19/h3-6H,7H2,1-2H3. The molecule has 110 valence electrons. The van der Waals surface area contributed by atoms with E-state index in [1.165, 1.54) is 17.4 Å². The average Bonchev–Trinajstić information content (AvgIpc) is 2.75. The van der Waals surface area contributed by atoms with E-state index in [0.717, 1.165) is 9.75 Å². The van der Waals surface area contributed by atoms with E-state index in [0.29, 0.717) is 10.0 Å². The third kappa shape index (κ3) is 3.48. The molecule has 2 aromatic rings. The molecule has 2 rings (SSSR count). The number of nitro benzene ring substituents is 1. The number of hydrogen-bond donors (Lipinski definition) is 0. The number of para-hydroxylation sites is 1. The highest BCUT2D eigenvalue weighted by atomic mass is 79.9. The maximum Gasteiger partial charge on any atom is 0.312 e. The Bertz CT molecular complexity index is 711. The lowest BCUT2D eigenvalue weighted by molar-refractivity contribution is -0.385. The quantitative estimate of drug-likeness (QED) is 0.447. The third-order valence-electron chi connectivity index (χ3n) is 2.83. The highest BCUT2D eigenvalue weighted by molar-refractivity contribution is 9.10. The van der Waals surface area contributed by atoms with Gasteiger partial charge < -0.3 is 4.74 Å². The van der Waals surface area contributed by atoms with Crippen LogP contribution in [0.5, 0.6) is 5.75 Å². The predicted molar refractivity (Wildman–Crippen MR) is 84.4 cm³/mol. The van der Waals surface area contributed by atoms with Gasteiger partial charge in [0, 0.05) is 21.4 Å². The van der Waals surface area contributed by atoms with E-state index in [2.05, 4.69) is 15.9 Å². The Morgan fingerprint density at radius 2 is 2.14 bits per heavy atom. The van der Waals surface area contributed by atoms with Crippen LogP contribution in [0.1, 0.15) is 20.1 Å². The van der Waals surface area contributed by atoms with Crippen molar-refractivity contribution in [3.05, 3.63) is 54.2 Å². The van der Waals surface area contributed by atoms with E-state index >= 15 is 0 Å². The number of ketones is 1. The number of rotatable bonds is 5. The molecule has 21 heavy (non-hydrogen) atoms. The van der Waals surface area contributed by atoms with Crippen LogP contribution in [-0.2, 0) is 0 Å². The number of ether oxygens (including phenoxy) is 1. The molecule has 0 aliphatic rings. The molecule has 1 heterocycles. The van der Waals surface area contributed by atoms with E-state index in [1.54, 1.807) is 18.2 Å². The molecule has 0 spiro atoms. The second kappa shape index (κ2) is 6.36. The Morgan fingerprint density at radius 3 is 2.71 bits per heavy atom. The van der Waals surface area contributed by atoms with Crippen molar-refractivity contribution in [2.75, 3.05) is 6.61 Å². The van der Waals surface area contributed by atoms with Crippen LogP contribution in [0, 0.1) is 24.0 Å². The molecule has 0 bridgehead atoms. The Kier molecular flexibility index (Phi) is 4.74. The molecule has 0 fully saturated rings. The van der Waals surface area contributed by atoms with E-state index in [9.17, 15) is 14.9 Å². The zero-order chi connectivity index (χ0) is 15.6. The topological polar surface area (TPSA) is 69.4 Å². The number of carbonyl (C=O) groups excluding carboxylic acids is 1. The molecule has 0 aliphatic carbocycles. The fourth-order valence-electron chi connectivity index (χ4n) is 1.91. The molecule has 0 atom stereocenters. The van der Waals surface area contributed by atoms with Crippen LogP contribution < -0.4 is 4.74 Å². The lowest BCUT2D eigenvalue weighted by Gasteiger charge is -2.07. The van der Waals surface area contributed by atoms with Gasteiger partial charge in [-0.15, -0.1) is 11.3 Å². The smallest absolute Gasteiger partial charge is 0.312 e. The molecule has 0 unspecified atom stereocenters. The van der Waals surface area contributed by atoms with Crippen LogP contribution in [0.2, 0.25) is 0 Å². The summed E-state index contributed by atoms with van der Waals surface area (Å²) in [5.41, 5.74) is 0.433. The first-order valence-corrected chi connectivity index (χ1v) is 7.67. The monoisotopic (exact) mass is 369 g/mol. The van der Waals surface area contributed by atoms with Gasteiger partial charge in [0.15, 0.2) is 6.61 Å². The second-order valence-electron chi connectivity index (χ2n) is 4.38. The zero-order valence-electron chi connectivity index (χ0n) is 11.4. The summed E-state index contributed by atoms with van der Waals surface area (Å²) in [5, 5.41) is 11.0. The molecule has 0 saturated carbocycles. The van der Waals surface area contributed by atoms with Crippen molar-refractivity contribution in [2.24, 2.45) is 0 Å². The fourth-order valence-corrected chi connectivity index (χ4v) is 3.32. The van der Waals surface area contributed by atoms with Gasteiger partial charge in [0.25, 0.3) is 0 Å². The van der Waals surface area contributed by atoms with Crippen molar-refractivity contribution in [1.82, 2.24) is 0 Å². The molecule has 0 amide bonds. The fraction of sp³-hybridized carbons (Fsp3) is 0.214. The van der Waals surface area contributed by atoms with Crippen molar-refractivity contribution in [3.8, 4) is 5.75 Å². The van der Waals surface area contributed by atoms with Crippen molar-refractivity contribution < 1.29 is 14.5 Å². The molecule has 0 saturated heterocycles. The molecule has 7 heteroatoms. The summed E-state index contributed by atoms with van der Waals surface area (Å²) in [6.07, 6.45) is 0. The van der Waals surface area contributed by atoms with Gasteiger partial charge >= 0.3 is 5.69 Å². The molecular formula is C14H12BrNO4S. The summed E-state index contributed by atoms with van der Waals surface area (Å²) in [4.78, 5) is 24.5. The highest BCUT2D eigenvalue weighted by Gasteiger charge is 2.20. The van der Waals surface area contributed by atoms with Gasteiger partial charge in [-0.05, 0) is 41.9 Å². The number of thiophene rings is 1. The Labute approximate surface area is 133 Å². The van der Waals surface area contributed by atoms with Crippen molar-refractivity contribution in [1.29, 1.82) is 0 Å². The van der Waals surface area contributed by atoms with Gasteiger partial charge in [-0.1, -0.05) is 6.07 Å². The van der Waals surface area contributed by atoms with Crippen LogP contribution >= 0.6 is 27.3 Å². The zero-order valence-corrected chi connectivity index (χ0v) is 13.8. The maximum atomic E-state index is 12.1. The lowest BCUT2D eigenvalue weighted by Crippen LogP contribution is -2.12. The lowest BCUT2D eigenvalue weighted by atomic mass is 10.2. The molecular weight excluding hydrogens is 358 g/mol. The number of Topliss-reactive ketones (excluding diaryl/α,β-unsaturated/α-hetero) is 1.